The molecule has 1 aliphatic carbocycles. The molecule has 0 aliphatic heterocycles. The number of aromatic nitrogens is 4. The van der Waals surface area contributed by atoms with Crippen LogP contribution < -0.4 is 5.32 Å². The summed E-state index contributed by atoms with van der Waals surface area (Å²) < 4.78 is 0. The zero-order valence-electron chi connectivity index (χ0n) is 12.2. The van der Waals surface area contributed by atoms with E-state index in [1.165, 1.54) is 0 Å². The Labute approximate surface area is 128 Å². The molecule has 0 spiro atoms. The van der Waals surface area contributed by atoms with E-state index in [9.17, 15) is 9.90 Å². The van der Waals surface area contributed by atoms with Crippen molar-refractivity contribution in [3.8, 4) is 11.4 Å². The molecule has 1 saturated carbocycles. The first-order chi connectivity index (χ1) is 10.7. The van der Waals surface area contributed by atoms with Gasteiger partial charge in [0.05, 0.1) is 12.6 Å². The van der Waals surface area contributed by atoms with Crippen LogP contribution in [0.4, 0.5) is 0 Å². The third-order valence-electron chi connectivity index (χ3n) is 3.92. The monoisotopic (exact) mass is 301 g/mol. The number of rotatable bonds is 4. The number of carbonyl (C=O) groups excluding carboxylic acids is 1. The highest BCUT2D eigenvalue weighted by atomic mass is 16.3. The first kappa shape index (κ1) is 14.6. The molecule has 1 fully saturated rings. The normalized spacial score (nSPS) is 21.5. The summed E-state index contributed by atoms with van der Waals surface area (Å²) in [7, 11) is 0. The largest absolute Gasteiger partial charge is 0.393 e. The minimum Gasteiger partial charge on any atom is -0.393 e. The van der Waals surface area contributed by atoms with Crippen molar-refractivity contribution >= 4 is 5.91 Å². The maximum atomic E-state index is 12.1. The molecule has 0 unspecified atom stereocenters. The lowest BCUT2D eigenvalue weighted by Crippen LogP contribution is -2.35. The first-order valence-electron chi connectivity index (χ1n) is 7.50. The van der Waals surface area contributed by atoms with Crippen LogP contribution in [0.5, 0.6) is 0 Å². The quantitative estimate of drug-likeness (QED) is 0.782. The zero-order chi connectivity index (χ0) is 15.4. The van der Waals surface area contributed by atoms with E-state index in [0.29, 0.717) is 24.6 Å². The number of nitrogens with one attached hydrogen (secondary N) is 2. The molecule has 2 atom stereocenters. The molecule has 116 valence electrons. The van der Waals surface area contributed by atoms with Crippen LogP contribution in [0.1, 0.15) is 31.5 Å². The van der Waals surface area contributed by atoms with E-state index in [4.69, 9.17) is 0 Å². The number of H-pyrrole nitrogens is 1. The molecule has 0 bridgehead atoms. The van der Waals surface area contributed by atoms with E-state index in [1.54, 1.807) is 12.4 Å². The summed E-state index contributed by atoms with van der Waals surface area (Å²) in [6.07, 6.45) is 6.08. The Morgan fingerprint density at radius 2 is 2.18 bits per heavy atom. The number of nitrogens with zero attached hydrogens (tertiary/aromatic N) is 3. The van der Waals surface area contributed by atoms with Gasteiger partial charge < -0.3 is 10.4 Å². The van der Waals surface area contributed by atoms with E-state index in [2.05, 4.69) is 25.5 Å². The summed E-state index contributed by atoms with van der Waals surface area (Å²) in [5.74, 6) is 1.06. The molecule has 3 N–H and O–H groups in total. The number of hydrogen-bond donors (Lipinski definition) is 3. The summed E-state index contributed by atoms with van der Waals surface area (Å²) in [5.41, 5.74) is 0.874. The number of pyridine rings is 1. The summed E-state index contributed by atoms with van der Waals surface area (Å²) in [5, 5.41) is 19.4. The van der Waals surface area contributed by atoms with Crippen molar-refractivity contribution in [1.29, 1.82) is 0 Å². The number of amides is 1. The van der Waals surface area contributed by atoms with Crippen molar-refractivity contribution in [2.75, 3.05) is 0 Å². The number of aliphatic hydroxyl groups is 1. The standard InChI is InChI=1S/C15H19N5O2/c21-12-3-1-2-11(8-12)15(22)17-9-13-18-14(20-19-13)10-4-6-16-7-5-10/h4-7,11-12,21H,1-3,8-9H2,(H,17,22)(H,18,19,20)/t11-,12+/m0/s1. The van der Waals surface area contributed by atoms with Gasteiger partial charge in [-0.1, -0.05) is 6.42 Å². The Hall–Kier alpha value is -2.28. The Morgan fingerprint density at radius 1 is 1.36 bits per heavy atom. The summed E-state index contributed by atoms with van der Waals surface area (Å²) in [6.45, 7) is 0.309. The van der Waals surface area contributed by atoms with E-state index in [-0.39, 0.29) is 17.9 Å². The van der Waals surface area contributed by atoms with Crippen LogP contribution in [-0.2, 0) is 11.3 Å². The number of aliphatic hydroxyl groups excluding tert-OH is 1. The van der Waals surface area contributed by atoms with Crippen molar-refractivity contribution in [2.24, 2.45) is 5.92 Å². The van der Waals surface area contributed by atoms with Crippen LogP contribution in [0.2, 0.25) is 0 Å². The van der Waals surface area contributed by atoms with E-state index < -0.39 is 0 Å². The predicted molar refractivity (Wildman–Crippen MR) is 79.4 cm³/mol. The number of carbonyl (C=O) groups is 1. The number of aromatic amines is 1. The average Bonchev–Trinajstić information content (AvgIpc) is 3.02. The van der Waals surface area contributed by atoms with Crippen LogP contribution in [0.15, 0.2) is 24.5 Å². The van der Waals surface area contributed by atoms with Crippen molar-refractivity contribution in [2.45, 2.75) is 38.3 Å². The van der Waals surface area contributed by atoms with Gasteiger partial charge in [-0.25, -0.2) is 4.98 Å². The third kappa shape index (κ3) is 3.48. The minimum atomic E-state index is -0.354. The van der Waals surface area contributed by atoms with Gasteiger partial charge >= 0.3 is 0 Å². The van der Waals surface area contributed by atoms with Gasteiger partial charge in [0.1, 0.15) is 5.82 Å². The predicted octanol–water partition coefficient (Wildman–Crippen LogP) is 1.03. The highest BCUT2D eigenvalue weighted by molar-refractivity contribution is 5.78. The van der Waals surface area contributed by atoms with Crippen molar-refractivity contribution < 1.29 is 9.90 Å². The second-order valence-corrected chi connectivity index (χ2v) is 5.58. The second-order valence-electron chi connectivity index (χ2n) is 5.58. The highest BCUT2D eigenvalue weighted by Crippen LogP contribution is 2.24. The molecule has 1 amide bonds. The molecule has 22 heavy (non-hydrogen) atoms. The fraction of sp³-hybridized carbons (Fsp3) is 0.467. The molecule has 2 aromatic rings. The molecular formula is C15H19N5O2. The van der Waals surface area contributed by atoms with Crippen LogP contribution in [0.25, 0.3) is 11.4 Å². The van der Waals surface area contributed by atoms with Crippen LogP contribution in [-0.4, -0.2) is 37.3 Å². The lowest BCUT2D eigenvalue weighted by molar-refractivity contribution is -0.127. The Bertz CT molecular complexity index is 628. The fourth-order valence-corrected chi connectivity index (χ4v) is 2.72. The molecule has 7 heteroatoms. The van der Waals surface area contributed by atoms with E-state index in [0.717, 1.165) is 24.8 Å². The third-order valence-corrected chi connectivity index (χ3v) is 3.92. The maximum Gasteiger partial charge on any atom is 0.223 e. The van der Waals surface area contributed by atoms with Gasteiger partial charge in [-0.15, -0.1) is 0 Å². The Morgan fingerprint density at radius 3 is 2.95 bits per heavy atom. The zero-order valence-corrected chi connectivity index (χ0v) is 12.2. The fourth-order valence-electron chi connectivity index (χ4n) is 2.72. The van der Waals surface area contributed by atoms with Crippen LogP contribution in [0, 0.1) is 5.92 Å². The van der Waals surface area contributed by atoms with Crippen molar-refractivity contribution in [3.05, 3.63) is 30.4 Å². The van der Waals surface area contributed by atoms with Crippen LogP contribution in [0.3, 0.4) is 0 Å². The average molecular weight is 301 g/mol. The van der Waals surface area contributed by atoms with Gasteiger partial charge in [-0.05, 0) is 31.4 Å². The van der Waals surface area contributed by atoms with Gasteiger partial charge in [0.2, 0.25) is 5.91 Å². The highest BCUT2D eigenvalue weighted by Gasteiger charge is 2.25. The Kier molecular flexibility index (Phi) is 4.43. The smallest absolute Gasteiger partial charge is 0.223 e. The molecule has 1 aliphatic rings. The molecule has 0 radical (unpaired) electrons. The molecule has 7 nitrogen and oxygen atoms in total. The summed E-state index contributed by atoms with van der Waals surface area (Å²) in [4.78, 5) is 20.4. The molecule has 2 heterocycles. The molecule has 3 rings (SSSR count). The first-order valence-corrected chi connectivity index (χ1v) is 7.50. The van der Waals surface area contributed by atoms with Gasteiger partial charge in [0.25, 0.3) is 0 Å². The van der Waals surface area contributed by atoms with Crippen molar-refractivity contribution in [3.63, 3.8) is 0 Å². The van der Waals surface area contributed by atoms with Gasteiger partial charge in [-0.3, -0.25) is 14.9 Å². The van der Waals surface area contributed by atoms with Gasteiger partial charge in [-0.2, -0.15) is 5.10 Å². The second kappa shape index (κ2) is 6.65. The topological polar surface area (TPSA) is 104 Å². The summed E-state index contributed by atoms with van der Waals surface area (Å²) in [6, 6.07) is 3.66. The van der Waals surface area contributed by atoms with E-state index >= 15 is 0 Å². The lowest BCUT2D eigenvalue weighted by Gasteiger charge is -2.24. The van der Waals surface area contributed by atoms with Gasteiger partial charge in [0, 0.05) is 23.9 Å². The Balaban J connectivity index is 1.56. The molecule has 0 saturated heterocycles. The van der Waals surface area contributed by atoms with Crippen molar-refractivity contribution in [1.82, 2.24) is 25.5 Å². The molecular weight excluding hydrogens is 282 g/mol. The molecule has 0 aromatic carbocycles. The van der Waals surface area contributed by atoms with Gasteiger partial charge in [0.15, 0.2) is 5.82 Å². The number of hydrogen-bond acceptors (Lipinski definition) is 5. The lowest BCUT2D eigenvalue weighted by atomic mass is 9.87. The maximum absolute atomic E-state index is 12.1. The minimum absolute atomic E-state index is 0.0272. The molecule has 2 aromatic heterocycles. The SMILES string of the molecule is O=C(NCc1nc(-c2ccncc2)n[nH]1)[C@H]1CCC[C@@H](O)C1. The summed E-state index contributed by atoms with van der Waals surface area (Å²) >= 11 is 0. The van der Waals surface area contributed by atoms with E-state index in [1.807, 2.05) is 12.1 Å². The van der Waals surface area contributed by atoms with Crippen LogP contribution >= 0.6 is 0 Å².